The zero-order chi connectivity index (χ0) is 11.3. The normalized spacial score (nSPS) is 12.5. The highest BCUT2D eigenvalue weighted by Gasteiger charge is 2.11. The van der Waals surface area contributed by atoms with Crippen LogP contribution in [0.25, 0.3) is 0 Å². The van der Waals surface area contributed by atoms with Crippen LogP contribution in [-0.2, 0) is 0 Å². The van der Waals surface area contributed by atoms with Crippen LogP contribution in [0.1, 0.15) is 24.4 Å². The van der Waals surface area contributed by atoms with Crippen molar-refractivity contribution >= 4 is 0 Å². The van der Waals surface area contributed by atoms with E-state index < -0.39 is 0 Å². The van der Waals surface area contributed by atoms with Crippen LogP contribution in [0.5, 0.6) is 11.5 Å². The monoisotopic (exact) mass is 210 g/mol. The lowest BCUT2D eigenvalue weighted by atomic mass is 10.0. The van der Waals surface area contributed by atoms with E-state index in [4.69, 9.17) is 16.2 Å². The van der Waals surface area contributed by atoms with Crippen LogP contribution in [0.4, 0.5) is 0 Å². The molecular formula is C11H18N2O2. The molecule has 0 unspecified atom stereocenters. The van der Waals surface area contributed by atoms with Crippen LogP contribution < -0.4 is 16.2 Å². The highest BCUT2D eigenvalue weighted by atomic mass is 16.5. The van der Waals surface area contributed by atoms with Crippen LogP contribution in [0.3, 0.4) is 0 Å². The summed E-state index contributed by atoms with van der Waals surface area (Å²) in [5.41, 5.74) is 12.1. The number of hydrogen-bond donors (Lipinski definition) is 3. The Balaban J connectivity index is 2.81. The van der Waals surface area contributed by atoms with Crippen LogP contribution in [0, 0.1) is 0 Å². The average molecular weight is 210 g/mol. The van der Waals surface area contributed by atoms with Crippen LogP contribution in [0.2, 0.25) is 0 Å². The second-order valence-corrected chi connectivity index (χ2v) is 3.46. The molecule has 1 atom stereocenters. The van der Waals surface area contributed by atoms with Gasteiger partial charge in [0.2, 0.25) is 0 Å². The molecule has 0 aliphatic rings. The highest BCUT2D eigenvalue weighted by Crippen LogP contribution is 2.29. The fourth-order valence-electron chi connectivity index (χ4n) is 1.45. The number of benzene rings is 1. The molecule has 1 aromatic rings. The number of phenols is 1. The smallest absolute Gasteiger partial charge is 0.120 e. The summed E-state index contributed by atoms with van der Waals surface area (Å²) < 4.78 is 5.07. The maximum Gasteiger partial charge on any atom is 0.120 e. The zero-order valence-corrected chi connectivity index (χ0v) is 8.94. The van der Waals surface area contributed by atoms with Crippen molar-refractivity contribution in [3.05, 3.63) is 23.8 Å². The van der Waals surface area contributed by atoms with Gasteiger partial charge in [0.05, 0.1) is 7.11 Å². The van der Waals surface area contributed by atoms with Crippen LogP contribution in [-0.4, -0.2) is 18.8 Å². The van der Waals surface area contributed by atoms with Crippen molar-refractivity contribution < 1.29 is 9.84 Å². The first kappa shape index (κ1) is 11.8. The van der Waals surface area contributed by atoms with Crippen molar-refractivity contribution in [3.8, 4) is 11.5 Å². The van der Waals surface area contributed by atoms with E-state index in [9.17, 15) is 5.11 Å². The molecule has 0 amide bonds. The minimum atomic E-state index is -0.191. The Morgan fingerprint density at radius 3 is 2.80 bits per heavy atom. The summed E-state index contributed by atoms with van der Waals surface area (Å²) in [6, 6.07) is 4.87. The van der Waals surface area contributed by atoms with Gasteiger partial charge < -0.3 is 21.3 Å². The summed E-state index contributed by atoms with van der Waals surface area (Å²) in [5.74, 6) is 0.909. The topological polar surface area (TPSA) is 81.5 Å². The van der Waals surface area contributed by atoms with Gasteiger partial charge in [-0.15, -0.1) is 0 Å². The molecule has 0 aromatic heterocycles. The lowest BCUT2D eigenvalue weighted by molar-refractivity contribution is 0.408. The van der Waals surface area contributed by atoms with E-state index in [1.54, 1.807) is 25.3 Å². The molecule has 0 heterocycles. The van der Waals surface area contributed by atoms with Gasteiger partial charge in [-0.25, -0.2) is 0 Å². The summed E-state index contributed by atoms with van der Waals surface area (Å²) in [6.07, 6.45) is 1.61. The summed E-state index contributed by atoms with van der Waals surface area (Å²) in [7, 11) is 1.58. The Bertz CT molecular complexity index is 315. The summed E-state index contributed by atoms with van der Waals surface area (Å²) in [4.78, 5) is 0. The van der Waals surface area contributed by atoms with E-state index >= 15 is 0 Å². The van der Waals surface area contributed by atoms with E-state index in [-0.39, 0.29) is 11.8 Å². The molecule has 0 bridgehead atoms. The molecule has 0 saturated carbocycles. The Kier molecular flexibility index (Phi) is 4.39. The van der Waals surface area contributed by atoms with E-state index in [1.807, 2.05) is 0 Å². The predicted octanol–water partition coefficient (Wildman–Crippen LogP) is 1.14. The SMILES string of the molecule is COc1ccc(O)c([C@H](N)CCCN)c1. The van der Waals surface area contributed by atoms with E-state index in [1.165, 1.54) is 0 Å². The van der Waals surface area contributed by atoms with Gasteiger partial charge >= 0.3 is 0 Å². The minimum absolute atomic E-state index is 0.191. The second-order valence-electron chi connectivity index (χ2n) is 3.46. The quantitative estimate of drug-likeness (QED) is 0.680. The van der Waals surface area contributed by atoms with E-state index in [0.29, 0.717) is 17.9 Å². The van der Waals surface area contributed by atoms with E-state index in [0.717, 1.165) is 12.8 Å². The number of nitrogens with two attached hydrogens (primary N) is 2. The number of phenolic OH excluding ortho intramolecular Hbond substituents is 1. The predicted molar refractivity (Wildman–Crippen MR) is 59.9 cm³/mol. The Morgan fingerprint density at radius 1 is 1.47 bits per heavy atom. The summed E-state index contributed by atoms with van der Waals surface area (Å²) >= 11 is 0. The molecule has 0 saturated heterocycles. The van der Waals surface area contributed by atoms with Gasteiger partial charge in [0.15, 0.2) is 0 Å². The van der Waals surface area contributed by atoms with Crippen molar-refractivity contribution in [3.63, 3.8) is 0 Å². The van der Waals surface area contributed by atoms with E-state index in [2.05, 4.69) is 0 Å². The molecule has 0 fully saturated rings. The third-order valence-corrected chi connectivity index (χ3v) is 2.35. The maximum atomic E-state index is 9.63. The number of hydrogen-bond acceptors (Lipinski definition) is 4. The van der Waals surface area contributed by atoms with Crippen LogP contribution >= 0.6 is 0 Å². The van der Waals surface area contributed by atoms with Crippen molar-refractivity contribution in [2.45, 2.75) is 18.9 Å². The molecule has 1 rings (SSSR count). The maximum absolute atomic E-state index is 9.63. The van der Waals surface area contributed by atoms with Crippen molar-refractivity contribution in [2.75, 3.05) is 13.7 Å². The zero-order valence-electron chi connectivity index (χ0n) is 8.94. The molecule has 5 N–H and O–H groups in total. The van der Waals surface area contributed by atoms with Crippen molar-refractivity contribution in [2.24, 2.45) is 11.5 Å². The molecule has 0 aliphatic carbocycles. The molecule has 4 nitrogen and oxygen atoms in total. The number of methoxy groups -OCH3 is 1. The summed E-state index contributed by atoms with van der Waals surface area (Å²) in [5, 5.41) is 9.63. The van der Waals surface area contributed by atoms with Gasteiger partial charge in [0.25, 0.3) is 0 Å². The average Bonchev–Trinajstić information content (AvgIpc) is 2.26. The van der Waals surface area contributed by atoms with Gasteiger partial charge in [-0.3, -0.25) is 0 Å². The number of ether oxygens (including phenoxy) is 1. The molecule has 0 aliphatic heterocycles. The lowest BCUT2D eigenvalue weighted by Gasteiger charge is -2.14. The van der Waals surface area contributed by atoms with Crippen molar-refractivity contribution in [1.29, 1.82) is 0 Å². The first-order valence-corrected chi connectivity index (χ1v) is 5.01. The summed E-state index contributed by atoms with van der Waals surface area (Å²) in [6.45, 7) is 0.610. The number of aromatic hydroxyl groups is 1. The molecule has 1 aromatic carbocycles. The Labute approximate surface area is 89.8 Å². The Morgan fingerprint density at radius 2 is 2.20 bits per heavy atom. The first-order valence-electron chi connectivity index (χ1n) is 5.01. The molecule has 0 radical (unpaired) electrons. The molecule has 0 spiro atoms. The van der Waals surface area contributed by atoms with Gasteiger partial charge in [-0.05, 0) is 37.6 Å². The molecular weight excluding hydrogens is 192 g/mol. The first-order chi connectivity index (χ1) is 7.19. The fourth-order valence-corrected chi connectivity index (χ4v) is 1.45. The fraction of sp³-hybridized carbons (Fsp3) is 0.455. The third-order valence-electron chi connectivity index (χ3n) is 2.35. The van der Waals surface area contributed by atoms with Crippen LogP contribution in [0.15, 0.2) is 18.2 Å². The number of rotatable bonds is 5. The highest BCUT2D eigenvalue weighted by molar-refractivity contribution is 5.41. The standard InChI is InChI=1S/C11H18N2O2/c1-15-8-4-5-11(14)9(7-8)10(13)3-2-6-12/h4-5,7,10,14H,2-3,6,12-13H2,1H3/t10-/m1/s1. The van der Waals surface area contributed by atoms with Gasteiger partial charge in [-0.2, -0.15) is 0 Å². The largest absolute Gasteiger partial charge is 0.508 e. The van der Waals surface area contributed by atoms with Crippen molar-refractivity contribution in [1.82, 2.24) is 0 Å². The molecule has 4 heteroatoms. The second kappa shape index (κ2) is 5.58. The Hall–Kier alpha value is -1.26. The van der Waals surface area contributed by atoms with Gasteiger partial charge in [0, 0.05) is 11.6 Å². The lowest BCUT2D eigenvalue weighted by Crippen LogP contribution is -2.12. The van der Waals surface area contributed by atoms with Gasteiger partial charge in [0.1, 0.15) is 11.5 Å². The molecule has 84 valence electrons. The minimum Gasteiger partial charge on any atom is -0.508 e. The van der Waals surface area contributed by atoms with Gasteiger partial charge in [-0.1, -0.05) is 0 Å². The third kappa shape index (κ3) is 3.11. The molecule has 15 heavy (non-hydrogen) atoms.